The van der Waals surface area contributed by atoms with Gasteiger partial charge in [0.25, 0.3) is 0 Å². The van der Waals surface area contributed by atoms with Crippen molar-refractivity contribution >= 4 is 23.4 Å². The summed E-state index contributed by atoms with van der Waals surface area (Å²) in [5.74, 6) is 1.28. The number of nitrogens with two attached hydrogens (primary N) is 1. The van der Waals surface area contributed by atoms with Crippen molar-refractivity contribution in [1.29, 1.82) is 0 Å². The third kappa shape index (κ3) is 3.40. The molecule has 3 rings (SSSR count). The van der Waals surface area contributed by atoms with Gasteiger partial charge in [-0.15, -0.1) is 0 Å². The van der Waals surface area contributed by atoms with Crippen LogP contribution in [0.5, 0.6) is 0 Å². The molecule has 0 unspecified atom stereocenters. The molecule has 1 amide bonds. The Labute approximate surface area is 141 Å². The van der Waals surface area contributed by atoms with E-state index in [1.807, 2.05) is 37.2 Å². The average molecular weight is 326 g/mol. The maximum absolute atomic E-state index is 11.1. The first-order valence-electron chi connectivity index (χ1n) is 7.95. The van der Waals surface area contributed by atoms with E-state index in [0.717, 1.165) is 43.6 Å². The highest BCUT2D eigenvalue weighted by Gasteiger charge is 2.19. The Morgan fingerprint density at radius 2 is 1.67 bits per heavy atom. The Hall–Kier alpha value is -2.83. The molecule has 7 nitrogen and oxygen atoms in total. The normalized spacial score (nSPS) is 14.6. The van der Waals surface area contributed by atoms with Crippen LogP contribution in [0.1, 0.15) is 10.4 Å². The van der Waals surface area contributed by atoms with Crippen molar-refractivity contribution in [3.05, 3.63) is 42.1 Å². The van der Waals surface area contributed by atoms with E-state index >= 15 is 0 Å². The minimum atomic E-state index is -0.399. The van der Waals surface area contributed by atoms with Gasteiger partial charge in [0, 0.05) is 57.7 Å². The molecular weight excluding hydrogens is 304 g/mol. The maximum Gasteiger partial charge on any atom is 0.248 e. The van der Waals surface area contributed by atoms with Crippen LogP contribution in [0.15, 0.2) is 36.5 Å². The van der Waals surface area contributed by atoms with Crippen LogP contribution in [0.4, 0.5) is 17.5 Å². The zero-order chi connectivity index (χ0) is 17.1. The molecule has 1 saturated heterocycles. The number of hydrogen-bond acceptors (Lipinski definition) is 6. The predicted molar refractivity (Wildman–Crippen MR) is 95.7 cm³/mol. The van der Waals surface area contributed by atoms with Gasteiger partial charge < -0.3 is 20.4 Å². The molecule has 7 heteroatoms. The second-order valence-corrected chi connectivity index (χ2v) is 5.99. The summed E-state index contributed by atoms with van der Waals surface area (Å²) in [7, 11) is 3.94. The first-order valence-corrected chi connectivity index (χ1v) is 7.95. The molecule has 126 valence electrons. The Kier molecular flexibility index (Phi) is 4.50. The molecule has 0 atom stereocenters. The van der Waals surface area contributed by atoms with Crippen LogP contribution < -0.4 is 20.4 Å². The van der Waals surface area contributed by atoms with E-state index in [1.165, 1.54) is 0 Å². The van der Waals surface area contributed by atoms with Crippen LogP contribution in [0.2, 0.25) is 0 Å². The fourth-order valence-corrected chi connectivity index (χ4v) is 2.74. The Bertz CT molecular complexity index is 707. The van der Waals surface area contributed by atoms with Gasteiger partial charge in [0.1, 0.15) is 5.82 Å². The van der Waals surface area contributed by atoms with Crippen LogP contribution in [0, 0.1) is 0 Å². The van der Waals surface area contributed by atoms with E-state index in [9.17, 15) is 4.79 Å². The van der Waals surface area contributed by atoms with E-state index in [1.54, 1.807) is 18.3 Å². The van der Waals surface area contributed by atoms with Gasteiger partial charge in [0.2, 0.25) is 11.9 Å². The van der Waals surface area contributed by atoms with E-state index in [2.05, 4.69) is 19.8 Å². The number of aromatic nitrogens is 2. The molecule has 0 radical (unpaired) electrons. The number of primary amides is 1. The molecule has 2 N–H and O–H groups in total. The van der Waals surface area contributed by atoms with Gasteiger partial charge >= 0.3 is 0 Å². The lowest BCUT2D eigenvalue weighted by atomic mass is 10.1. The quantitative estimate of drug-likeness (QED) is 0.902. The first-order chi connectivity index (χ1) is 11.5. The first kappa shape index (κ1) is 16.0. The van der Waals surface area contributed by atoms with E-state index in [-0.39, 0.29) is 0 Å². The smallest absolute Gasteiger partial charge is 0.248 e. The zero-order valence-electron chi connectivity index (χ0n) is 14.0. The Morgan fingerprint density at radius 1 is 1.04 bits per heavy atom. The summed E-state index contributed by atoms with van der Waals surface area (Å²) in [6.07, 6.45) is 1.80. The number of anilines is 3. The van der Waals surface area contributed by atoms with Gasteiger partial charge in [-0.25, -0.2) is 4.98 Å². The topological polar surface area (TPSA) is 78.6 Å². The van der Waals surface area contributed by atoms with Gasteiger partial charge in [0.05, 0.1) is 0 Å². The van der Waals surface area contributed by atoms with Gasteiger partial charge in [-0.2, -0.15) is 4.98 Å². The molecule has 0 saturated carbocycles. The van der Waals surface area contributed by atoms with Gasteiger partial charge in [-0.05, 0) is 30.3 Å². The Balaban J connectivity index is 1.65. The van der Waals surface area contributed by atoms with Crippen molar-refractivity contribution in [1.82, 2.24) is 9.97 Å². The standard InChI is InChI=1S/C17H22N6O/c1-21(2)15-7-8-19-17(20-15)23-11-9-22(10-12-23)14-5-3-13(4-6-14)16(18)24/h3-8H,9-12H2,1-2H3,(H2,18,24). The highest BCUT2D eigenvalue weighted by molar-refractivity contribution is 5.93. The van der Waals surface area contributed by atoms with Crippen molar-refractivity contribution in [3.63, 3.8) is 0 Å². The number of carbonyl (C=O) groups is 1. The molecule has 2 heterocycles. The maximum atomic E-state index is 11.1. The minimum Gasteiger partial charge on any atom is -0.368 e. The summed E-state index contributed by atoms with van der Waals surface area (Å²) >= 11 is 0. The van der Waals surface area contributed by atoms with Crippen molar-refractivity contribution < 1.29 is 4.79 Å². The summed E-state index contributed by atoms with van der Waals surface area (Å²) in [4.78, 5) is 26.6. The highest BCUT2D eigenvalue weighted by atomic mass is 16.1. The Morgan fingerprint density at radius 3 is 2.25 bits per heavy atom. The third-order valence-corrected chi connectivity index (χ3v) is 4.17. The predicted octanol–water partition coefficient (Wildman–Crippen LogP) is 0.968. The lowest BCUT2D eigenvalue weighted by molar-refractivity contribution is 0.100. The number of amides is 1. The van der Waals surface area contributed by atoms with Crippen LogP contribution >= 0.6 is 0 Å². The molecule has 0 bridgehead atoms. The molecule has 1 aromatic heterocycles. The van der Waals surface area contributed by atoms with Crippen LogP contribution in [0.25, 0.3) is 0 Å². The number of carbonyl (C=O) groups excluding carboxylic acids is 1. The second-order valence-electron chi connectivity index (χ2n) is 5.99. The fraction of sp³-hybridized carbons (Fsp3) is 0.353. The molecule has 1 aromatic carbocycles. The van der Waals surface area contributed by atoms with E-state index < -0.39 is 5.91 Å². The van der Waals surface area contributed by atoms with Crippen LogP contribution in [-0.4, -0.2) is 56.1 Å². The largest absolute Gasteiger partial charge is 0.368 e. The molecule has 24 heavy (non-hydrogen) atoms. The lowest BCUT2D eigenvalue weighted by Gasteiger charge is -2.36. The summed E-state index contributed by atoms with van der Waals surface area (Å²) in [6.45, 7) is 3.47. The highest BCUT2D eigenvalue weighted by Crippen LogP contribution is 2.20. The van der Waals surface area contributed by atoms with Gasteiger partial charge in [-0.1, -0.05) is 0 Å². The summed E-state index contributed by atoms with van der Waals surface area (Å²) in [6, 6.07) is 9.33. The summed E-state index contributed by atoms with van der Waals surface area (Å²) < 4.78 is 0. The molecule has 2 aromatic rings. The molecule has 1 aliphatic heterocycles. The number of nitrogens with zero attached hydrogens (tertiary/aromatic N) is 5. The molecule has 1 aliphatic rings. The molecule has 0 aliphatic carbocycles. The van der Waals surface area contributed by atoms with Crippen molar-refractivity contribution in [2.45, 2.75) is 0 Å². The number of piperazine rings is 1. The van der Waals surface area contributed by atoms with E-state index in [4.69, 9.17) is 5.73 Å². The van der Waals surface area contributed by atoms with Crippen LogP contribution in [0.3, 0.4) is 0 Å². The van der Waals surface area contributed by atoms with E-state index in [0.29, 0.717) is 5.56 Å². The van der Waals surface area contributed by atoms with Crippen molar-refractivity contribution in [2.75, 3.05) is 55.0 Å². The number of hydrogen-bond donors (Lipinski definition) is 1. The average Bonchev–Trinajstić information content (AvgIpc) is 2.62. The number of rotatable bonds is 4. The summed E-state index contributed by atoms with van der Waals surface area (Å²) in [5.41, 5.74) is 6.91. The van der Waals surface area contributed by atoms with Crippen LogP contribution in [-0.2, 0) is 0 Å². The van der Waals surface area contributed by atoms with Crippen molar-refractivity contribution in [3.8, 4) is 0 Å². The van der Waals surface area contributed by atoms with Gasteiger partial charge in [0.15, 0.2) is 0 Å². The second kappa shape index (κ2) is 6.74. The fourth-order valence-electron chi connectivity index (χ4n) is 2.74. The summed E-state index contributed by atoms with van der Waals surface area (Å²) in [5, 5.41) is 0. The molecule has 0 spiro atoms. The molecule has 1 fully saturated rings. The minimum absolute atomic E-state index is 0.399. The van der Waals surface area contributed by atoms with Crippen molar-refractivity contribution in [2.24, 2.45) is 5.73 Å². The zero-order valence-corrected chi connectivity index (χ0v) is 14.0. The third-order valence-electron chi connectivity index (χ3n) is 4.17. The molecular formula is C17H22N6O. The lowest BCUT2D eigenvalue weighted by Crippen LogP contribution is -2.47. The number of benzene rings is 1. The monoisotopic (exact) mass is 326 g/mol. The van der Waals surface area contributed by atoms with Gasteiger partial charge in [-0.3, -0.25) is 4.79 Å². The SMILES string of the molecule is CN(C)c1ccnc(N2CCN(c3ccc(C(N)=O)cc3)CC2)n1.